The molecule has 2 N–H and O–H groups in total. The van der Waals surface area contributed by atoms with E-state index in [9.17, 15) is 4.79 Å². The normalized spacial score (nSPS) is 11.2. The van der Waals surface area contributed by atoms with Crippen molar-refractivity contribution in [1.29, 1.82) is 0 Å². The first kappa shape index (κ1) is 12.0. The summed E-state index contributed by atoms with van der Waals surface area (Å²) in [5.74, 6) is -0.360. The molecule has 0 saturated carbocycles. The van der Waals surface area contributed by atoms with Crippen LogP contribution in [0.3, 0.4) is 0 Å². The van der Waals surface area contributed by atoms with Crippen LogP contribution in [0, 0.1) is 0 Å². The van der Waals surface area contributed by atoms with Crippen molar-refractivity contribution in [3.63, 3.8) is 0 Å². The number of rotatable bonds is 1. The minimum absolute atomic E-state index is 0.360. The standard InChI is InChI=1S/C11H14BrNO2/c1-11(2,3)15-10(14)7-4-5-8(12)9(13)6-7/h4-6H,13H2,1-3H3. The summed E-state index contributed by atoms with van der Waals surface area (Å²) in [6.45, 7) is 5.48. The fourth-order valence-corrected chi connectivity index (χ4v) is 1.25. The molecule has 0 atom stereocenters. The molecule has 1 aromatic carbocycles. The molecule has 0 aromatic heterocycles. The molecule has 82 valence electrons. The summed E-state index contributed by atoms with van der Waals surface area (Å²) in [5, 5.41) is 0. The van der Waals surface area contributed by atoms with Crippen LogP contribution in [-0.2, 0) is 4.74 Å². The summed E-state index contributed by atoms with van der Waals surface area (Å²) in [6, 6.07) is 5.00. The van der Waals surface area contributed by atoms with Gasteiger partial charge in [-0.05, 0) is 54.9 Å². The van der Waals surface area contributed by atoms with Gasteiger partial charge in [-0.2, -0.15) is 0 Å². The molecule has 0 unspecified atom stereocenters. The van der Waals surface area contributed by atoms with Crippen molar-refractivity contribution < 1.29 is 9.53 Å². The smallest absolute Gasteiger partial charge is 0.338 e. The molecule has 1 rings (SSSR count). The Morgan fingerprint density at radius 1 is 1.40 bits per heavy atom. The van der Waals surface area contributed by atoms with Crippen molar-refractivity contribution in [3.05, 3.63) is 28.2 Å². The van der Waals surface area contributed by atoms with E-state index in [1.807, 2.05) is 20.8 Å². The molecular formula is C11H14BrNO2. The van der Waals surface area contributed by atoms with Gasteiger partial charge in [0, 0.05) is 10.2 Å². The summed E-state index contributed by atoms with van der Waals surface area (Å²) >= 11 is 3.26. The number of carbonyl (C=O) groups is 1. The summed E-state index contributed by atoms with van der Waals surface area (Å²) < 4.78 is 5.98. The molecule has 0 aliphatic heterocycles. The minimum Gasteiger partial charge on any atom is -0.456 e. The van der Waals surface area contributed by atoms with Crippen molar-refractivity contribution in [2.75, 3.05) is 5.73 Å². The maximum absolute atomic E-state index is 11.6. The van der Waals surface area contributed by atoms with Gasteiger partial charge >= 0.3 is 5.97 Å². The number of hydrogen-bond donors (Lipinski definition) is 1. The van der Waals surface area contributed by atoms with Crippen molar-refractivity contribution in [1.82, 2.24) is 0 Å². The van der Waals surface area contributed by atoms with E-state index in [1.54, 1.807) is 18.2 Å². The maximum atomic E-state index is 11.6. The largest absolute Gasteiger partial charge is 0.456 e. The Bertz CT molecular complexity index is 383. The van der Waals surface area contributed by atoms with E-state index in [4.69, 9.17) is 10.5 Å². The van der Waals surface area contributed by atoms with Gasteiger partial charge in [-0.1, -0.05) is 0 Å². The first-order chi connectivity index (χ1) is 6.79. The molecular weight excluding hydrogens is 258 g/mol. The number of nitrogen functional groups attached to an aromatic ring is 1. The van der Waals surface area contributed by atoms with Crippen LogP contribution in [0.4, 0.5) is 5.69 Å². The monoisotopic (exact) mass is 271 g/mol. The van der Waals surface area contributed by atoms with Crippen molar-refractivity contribution in [3.8, 4) is 0 Å². The lowest BCUT2D eigenvalue weighted by atomic mass is 10.1. The van der Waals surface area contributed by atoms with E-state index in [2.05, 4.69) is 15.9 Å². The Morgan fingerprint density at radius 3 is 2.47 bits per heavy atom. The predicted molar refractivity (Wildman–Crippen MR) is 63.7 cm³/mol. The number of ether oxygens (including phenoxy) is 1. The number of anilines is 1. The van der Waals surface area contributed by atoms with Gasteiger partial charge in [-0.3, -0.25) is 0 Å². The van der Waals surface area contributed by atoms with Crippen LogP contribution in [0.25, 0.3) is 0 Å². The zero-order chi connectivity index (χ0) is 11.6. The van der Waals surface area contributed by atoms with Crippen molar-refractivity contribution >= 4 is 27.6 Å². The predicted octanol–water partition coefficient (Wildman–Crippen LogP) is 2.99. The van der Waals surface area contributed by atoms with Gasteiger partial charge in [-0.25, -0.2) is 4.79 Å². The number of hydrogen-bond acceptors (Lipinski definition) is 3. The zero-order valence-electron chi connectivity index (χ0n) is 9.00. The molecule has 0 saturated heterocycles. The summed E-state index contributed by atoms with van der Waals surface area (Å²) in [6.07, 6.45) is 0. The third-order valence-corrected chi connectivity index (χ3v) is 2.35. The van der Waals surface area contributed by atoms with Gasteiger partial charge in [0.15, 0.2) is 0 Å². The van der Waals surface area contributed by atoms with E-state index < -0.39 is 5.60 Å². The lowest BCUT2D eigenvalue weighted by molar-refractivity contribution is 0.00696. The fourth-order valence-electron chi connectivity index (χ4n) is 1.01. The van der Waals surface area contributed by atoms with Crippen LogP contribution in [0.15, 0.2) is 22.7 Å². The molecule has 0 aliphatic carbocycles. The number of esters is 1. The Kier molecular flexibility index (Phi) is 3.39. The Labute approximate surface area is 97.7 Å². The Hall–Kier alpha value is -1.03. The molecule has 0 spiro atoms. The van der Waals surface area contributed by atoms with Gasteiger partial charge in [0.25, 0.3) is 0 Å². The minimum atomic E-state index is -0.487. The maximum Gasteiger partial charge on any atom is 0.338 e. The highest BCUT2D eigenvalue weighted by Crippen LogP contribution is 2.21. The molecule has 0 amide bonds. The lowest BCUT2D eigenvalue weighted by Crippen LogP contribution is -2.23. The lowest BCUT2D eigenvalue weighted by Gasteiger charge is -2.19. The second kappa shape index (κ2) is 4.23. The van der Waals surface area contributed by atoms with E-state index in [-0.39, 0.29) is 5.97 Å². The van der Waals surface area contributed by atoms with Gasteiger partial charge in [-0.15, -0.1) is 0 Å². The summed E-state index contributed by atoms with van der Waals surface area (Å²) in [5.41, 5.74) is 6.17. The highest BCUT2D eigenvalue weighted by molar-refractivity contribution is 9.10. The topological polar surface area (TPSA) is 52.3 Å². The molecule has 0 bridgehead atoms. The van der Waals surface area contributed by atoms with Crippen LogP contribution in [0.1, 0.15) is 31.1 Å². The third-order valence-electron chi connectivity index (χ3n) is 1.63. The first-order valence-electron chi connectivity index (χ1n) is 4.58. The van der Waals surface area contributed by atoms with Crippen LogP contribution in [0.2, 0.25) is 0 Å². The van der Waals surface area contributed by atoms with Crippen molar-refractivity contribution in [2.45, 2.75) is 26.4 Å². The van der Waals surface area contributed by atoms with Crippen LogP contribution in [0.5, 0.6) is 0 Å². The number of halogens is 1. The zero-order valence-corrected chi connectivity index (χ0v) is 10.6. The highest BCUT2D eigenvalue weighted by Gasteiger charge is 2.18. The third kappa shape index (κ3) is 3.55. The molecule has 0 aliphatic rings. The number of benzene rings is 1. The van der Waals surface area contributed by atoms with E-state index in [0.29, 0.717) is 11.3 Å². The van der Waals surface area contributed by atoms with E-state index >= 15 is 0 Å². The van der Waals surface area contributed by atoms with Crippen molar-refractivity contribution in [2.24, 2.45) is 0 Å². The summed E-state index contributed by atoms with van der Waals surface area (Å²) in [7, 11) is 0. The van der Waals surface area contributed by atoms with Crippen LogP contribution < -0.4 is 5.73 Å². The molecule has 0 fully saturated rings. The molecule has 1 aromatic rings. The Morgan fingerprint density at radius 2 is 2.00 bits per heavy atom. The van der Waals surface area contributed by atoms with Gasteiger partial charge in [0.05, 0.1) is 5.56 Å². The molecule has 3 nitrogen and oxygen atoms in total. The summed E-state index contributed by atoms with van der Waals surface area (Å²) in [4.78, 5) is 11.6. The number of carbonyl (C=O) groups excluding carboxylic acids is 1. The van der Waals surface area contributed by atoms with Crippen LogP contribution >= 0.6 is 15.9 Å². The average molecular weight is 272 g/mol. The molecule has 0 heterocycles. The van der Waals surface area contributed by atoms with Crippen LogP contribution in [-0.4, -0.2) is 11.6 Å². The van der Waals surface area contributed by atoms with E-state index in [0.717, 1.165) is 4.47 Å². The SMILES string of the molecule is CC(C)(C)OC(=O)c1ccc(Br)c(N)c1. The Balaban J connectivity index is 2.88. The van der Waals surface area contributed by atoms with Gasteiger partial charge in [0.1, 0.15) is 5.60 Å². The molecule has 4 heteroatoms. The second-order valence-corrected chi connectivity index (χ2v) is 5.09. The first-order valence-corrected chi connectivity index (χ1v) is 5.37. The molecule has 15 heavy (non-hydrogen) atoms. The molecule has 0 radical (unpaired) electrons. The van der Waals surface area contributed by atoms with Gasteiger partial charge in [0.2, 0.25) is 0 Å². The fraction of sp³-hybridized carbons (Fsp3) is 0.364. The average Bonchev–Trinajstić information content (AvgIpc) is 2.06. The number of nitrogens with two attached hydrogens (primary N) is 1. The van der Waals surface area contributed by atoms with E-state index in [1.165, 1.54) is 0 Å². The van der Waals surface area contributed by atoms with Gasteiger partial charge < -0.3 is 10.5 Å². The highest BCUT2D eigenvalue weighted by atomic mass is 79.9. The quantitative estimate of drug-likeness (QED) is 0.631. The second-order valence-electron chi connectivity index (χ2n) is 4.24.